The first kappa shape index (κ1) is 18.2. The highest BCUT2D eigenvalue weighted by molar-refractivity contribution is 4.79. The summed E-state index contributed by atoms with van der Waals surface area (Å²) in [7, 11) is 0. The first-order valence-corrected chi connectivity index (χ1v) is 9.36. The molecule has 0 spiro atoms. The third-order valence-electron chi connectivity index (χ3n) is 5.35. The molecule has 3 atom stereocenters. The van der Waals surface area contributed by atoms with Gasteiger partial charge in [-0.15, -0.1) is 0 Å². The maximum Gasteiger partial charge on any atom is 0.0601 e. The Balaban J connectivity index is 1.59. The van der Waals surface area contributed by atoms with Crippen LogP contribution in [-0.4, -0.2) is 74.5 Å². The van der Waals surface area contributed by atoms with Crippen molar-refractivity contribution in [2.75, 3.05) is 52.5 Å². The van der Waals surface area contributed by atoms with E-state index in [1.165, 1.54) is 32.2 Å². The van der Waals surface area contributed by atoms with Crippen LogP contribution < -0.4 is 0 Å². The quantitative estimate of drug-likeness (QED) is 0.643. The predicted molar refractivity (Wildman–Crippen MR) is 91.3 cm³/mol. The summed E-state index contributed by atoms with van der Waals surface area (Å²) in [6.45, 7) is 15.0. The molecule has 4 nitrogen and oxygen atoms in total. The first-order valence-electron chi connectivity index (χ1n) is 9.36. The molecule has 0 N–H and O–H groups in total. The lowest BCUT2D eigenvalue weighted by Gasteiger charge is -2.40. The number of hydrogen-bond donors (Lipinski definition) is 0. The number of ether oxygens (including phenoxy) is 2. The Morgan fingerprint density at radius 3 is 2.55 bits per heavy atom. The number of nitrogens with zero attached hydrogens (tertiary/aromatic N) is 2. The van der Waals surface area contributed by atoms with Crippen molar-refractivity contribution in [1.82, 2.24) is 9.80 Å². The molecule has 2 aliphatic rings. The van der Waals surface area contributed by atoms with Crippen LogP contribution in [0.2, 0.25) is 0 Å². The van der Waals surface area contributed by atoms with Gasteiger partial charge in [0.2, 0.25) is 0 Å². The van der Waals surface area contributed by atoms with Crippen LogP contribution in [0.5, 0.6) is 0 Å². The van der Waals surface area contributed by atoms with Crippen molar-refractivity contribution < 1.29 is 9.47 Å². The molecule has 1 saturated heterocycles. The number of rotatable bonds is 8. The Kier molecular flexibility index (Phi) is 8.15. The van der Waals surface area contributed by atoms with Gasteiger partial charge in [0.15, 0.2) is 0 Å². The van der Waals surface area contributed by atoms with Gasteiger partial charge in [0.1, 0.15) is 0 Å². The van der Waals surface area contributed by atoms with Crippen LogP contribution >= 0.6 is 0 Å². The van der Waals surface area contributed by atoms with Crippen LogP contribution in [0.3, 0.4) is 0 Å². The van der Waals surface area contributed by atoms with E-state index in [1.807, 2.05) is 0 Å². The van der Waals surface area contributed by atoms with Crippen LogP contribution in [-0.2, 0) is 9.47 Å². The molecule has 4 heteroatoms. The summed E-state index contributed by atoms with van der Waals surface area (Å²) in [5.74, 6) is 0.753. The molecule has 0 radical (unpaired) electrons. The number of hydrogen-bond acceptors (Lipinski definition) is 4. The summed E-state index contributed by atoms with van der Waals surface area (Å²) in [6.07, 6.45) is 5.87. The van der Waals surface area contributed by atoms with Gasteiger partial charge in [0, 0.05) is 45.4 Å². The minimum absolute atomic E-state index is 0.513. The Bertz CT molecular complexity index is 301. The second kappa shape index (κ2) is 9.86. The highest BCUT2D eigenvalue weighted by Crippen LogP contribution is 2.26. The van der Waals surface area contributed by atoms with Gasteiger partial charge in [0.25, 0.3) is 0 Å². The normalized spacial score (nSPS) is 31.5. The Hall–Kier alpha value is -0.160. The second-order valence-electron chi connectivity index (χ2n) is 7.05. The summed E-state index contributed by atoms with van der Waals surface area (Å²) in [4.78, 5) is 5.12. The van der Waals surface area contributed by atoms with Crippen molar-refractivity contribution in [2.45, 2.75) is 58.6 Å². The highest BCUT2D eigenvalue weighted by Gasteiger charge is 2.24. The van der Waals surface area contributed by atoms with Crippen LogP contribution in [0, 0.1) is 5.92 Å². The summed E-state index contributed by atoms with van der Waals surface area (Å²) >= 11 is 0. The lowest BCUT2D eigenvalue weighted by Crippen LogP contribution is -2.53. The SMILES string of the molecule is CCOCCN1CCN(CCO[C@@H]2CCCC[C@H]2C)C[C@H]1C. The monoisotopic (exact) mass is 312 g/mol. The minimum atomic E-state index is 0.513. The van der Waals surface area contributed by atoms with E-state index in [2.05, 4.69) is 30.6 Å². The predicted octanol–water partition coefficient (Wildman–Crippen LogP) is 2.62. The van der Waals surface area contributed by atoms with Gasteiger partial charge in [-0.2, -0.15) is 0 Å². The zero-order valence-corrected chi connectivity index (χ0v) is 14.9. The van der Waals surface area contributed by atoms with Crippen LogP contribution in [0.1, 0.15) is 46.5 Å². The molecule has 1 saturated carbocycles. The fraction of sp³-hybridized carbons (Fsp3) is 1.00. The van der Waals surface area contributed by atoms with Crippen LogP contribution in [0.15, 0.2) is 0 Å². The molecular weight excluding hydrogens is 276 g/mol. The van der Waals surface area contributed by atoms with E-state index in [9.17, 15) is 0 Å². The fourth-order valence-corrected chi connectivity index (χ4v) is 3.80. The van der Waals surface area contributed by atoms with E-state index in [1.54, 1.807) is 0 Å². The molecule has 0 aromatic rings. The summed E-state index contributed by atoms with van der Waals surface area (Å²) in [5, 5.41) is 0. The van der Waals surface area contributed by atoms with Gasteiger partial charge in [-0.1, -0.05) is 19.8 Å². The molecule has 0 amide bonds. The zero-order valence-electron chi connectivity index (χ0n) is 14.9. The topological polar surface area (TPSA) is 24.9 Å². The van der Waals surface area contributed by atoms with Gasteiger partial charge in [-0.05, 0) is 32.6 Å². The smallest absolute Gasteiger partial charge is 0.0601 e. The summed E-state index contributed by atoms with van der Waals surface area (Å²) in [6, 6.07) is 0.628. The van der Waals surface area contributed by atoms with Crippen molar-refractivity contribution in [2.24, 2.45) is 5.92 Å². The molecular formula is C18H36N2O2. The molecule has 22 heavy (non-hydrogen) atoms. The number of piperazine rings is 1. The molecule has 0 aromatic carbocycles. The van der Waals surface area contributed by atoms with Gasteiger partial charge < -0.3 is 9.47 Å². The van der Waals surface area contributed by atoms with Gasteiger partial charge in [0.05, 0.1) is 19.3 Å². The van der Waals surface area contributed by atoms with E-state index in [-0.39, 0.29) is 0 Å². The Labute approximate surface area is 137 Å². The van der Waals surface area contributed by atoms with Gasteiger partial charge in [-0.25, -0.2) is 0 Å². The maximum atomic E-state index is 6.16. The van der Waals surface area contributed by atoms with E-state index < -0.39 is 0 Å². The molecule has 1 aliphatic carbocycles. The van der Waals surface area contributed by atoms with E-state index >= 15 is 0 Å². The van der Waals surface area contributed by atoms with Crippen molar-refractivity contribution in [3.8, 4) is 0 Å². The highest BCUT2D eigenvalue weighted by atomic mass is 16.5. The Morgan fingerprint density at radius 2 is 1.82 bits per heavy atom. The third kappa shape index (κ3) is 5.80. The molecule has 1 heterocycles. The molecule has 2 fully saturated rings. The zero-order chi connectivity index (χ0) is 15.8. The summed E-state index contributed by atoms with van der Waals surface area (Å²) in [5.41, 5.74) is 0. The standard InChI is InChI=1S/C18H36N2O2/c1-4-21-13-12-20-10-9-19(15-17(20)3)11-14-22-18-8-6-5-7-16(18)2/h16-18H,4-15H2,1-3H3/t16-,17-,18-/m1/s1. The van der Waals surface area contributed by atoms with E-state index in [0.717, 1.165) is 51.9 Å². The van der Waals surface area contributed by atoms with Crippen molar-refractivity contribution in [3.63, 3.8) is 0 Å². The molecule has 0 aromatic heterocycles. The van der Waals surface area contributed by atoms with Crippen LogP contribution in [0.4, 0.5) is 0 Å². The average molecular weight is 312 g/mol. The van der Waals surface area contributed by atoms with E-state index in [0.29, 0.717) is 12.1 Å². The van der Waals surface area contributed by atoms with Crippen molar-refractivity contribution in [3.05, 3.63) is 0 Å². The van der Waals surface area contributed by atoms with E-state index in [4.69, 9.17) is 9.47 Å². The largest absolute Gasteiger partial charge is 0.380 e. The minimum Gasteiger partial charge on any atom is -0.380 e. The van der Waals surface area contributed by atoms with Crippen molar-refractivity contribution in [1.29, 1.82) is 0 Å². The second-order valence-corrected chi connectivity index (χ2v) is 7.05. The average Bonchev–Trinajstić information content (AvgIpc) is 2.51. The lowest BCUT2D eigenvalue weighted by molar-refractivity contribution is -0.0233. The fourth-order valence-electron chi connectivity index (χ4n) is 3.80. The van der Waals surface area contributed by atoms with Gasteiger partial charge >= 0.3 is 0 Å². The van der Waals surface area contributed by atoms with Gasteiger partial charge in [-0.3, -0.25) is 9.80 Å². The summed E-state index contributed by atoms with van der Waals surface area (Å²) < 4.78 is 11.6. The first-order chi connectivity index (χ1) is 10.7. The maximum absolute atomic E-state index is 6.16. The third-order valence-corrected chi connectivity index (χ3v) is 5.35. The van der Waals surface area contributed by atoms with Crippen molar-refractivity contribution >= 4 is 0 Å². The lowest BCUT2D eigenvalue weighted by atomic mass is 9.88. The Morgan fingerprint density at radius 1 is 1.00 bits per heavy atom. The molecule has 2 rings (SSSR count). The van der Waals surface area contributed by atoms with Crippen LogP contribution in [0.25, 0.3) is 0 Å². The molecule has 0 bridgehead atoms. The molecule has 1 aliphatic heterocycles. The molecule has 130 valence electrons. The molecule has 0 unspecified atom stereocenters.